The van der Waals surface area contributed by atoms with Crippen LogP contribution in [0.2, 0.25) is 0 Å². The van der Waals surface area contributed by atoms with Crippen LogP contribution in [0.15, 0.2) is 40.7 Å². The van der Waals surface area contributed by atoms with Crippen molar-refractivity contribution >= 4 is 11.6 Å². The van der Waals surface area contributed by atoms with Gasteiger partial charge in [-0.05, 0) is 57.2 Å². The van der Waals surface area contributed by atoms with Crippen LogP contribution >= 0.6 is 0 Å². The first-order chi connectivity index (χ1) is 14.1. The van der Waals surface area contributed by atoms with Crippen LogP contribution in [0.5, 0.6) is 11.5 Å². The third kappa shape index (κ3) is 3.37. The van der Waals surface area contributed by atoms with E-state index in [0.29, 0.717) is 37.6 Å². The number of ketones is 2. The highest BCUT2D eigenvalue weighted by molar-refractivity contribution is 6.06. The Morgan fingerprint density at radius 1 is 0.862 bits per heavy atom. The van der Waals surface area contributed by atoms with Crippen LogP contribution in [0.3, 0.4) is 0 Å². The van der Waals surface area contributed by atoms with E-state index in [0.717, 1.165) is 53.8 Å². The molecular weight excluding hydrogens is 366 g/mol. The predicted octanol–water partition coefficient (Wildman–Crippen LogP) is 4.53. The van der Waals surface area contributed by atoms with Crippen LogP contribution in [-0.4, -0.2) is 36.7 Å². The van der Waals surface area contributed by atoms with Crippen molar-refractivity contribution in [3.8, 4) is 11.5 Å². The summed E-state index contributed by atoms with van der Waals surface area (Å²) in [5.41, 5.74) is 4.73. The molecule has 0 amide bonds. The first kappa shape index (κ1) is 19.7. The van der Waals surface area contributed by atoms with E-state index < -0.39 is 0 Å². The smallest absolute Gasteiger partial charge is 0.161 e. The number of nitrogens with zero attached hydrogens (tertiary/aromatic N) is 1. The fraction of sp³-hybridized carbons (Fsp3) is 0.500. The minimum Gasteiger partial charge on any atom is -0.490 e. The van der Waals surface area contributed by atoms with Gasteiger partial charge < -0.3 is 14.4 Å². The second-order valence-electron chi connectivity index (χ2n) is 7.84. The molecular formula is C24H29NO4. The van der Waals surface area contributed by atoms with Gasteiger partial charge in [-0.2, -0.15) is 0 Å². The molecule has 0 N–H and O–H groups in total. The van der Waals surface area contributed by atoms with Crippen LogP contribution in [-0.2, 0) is 9.59 Å². The Morgan fingerprint density at radius 2 is 1.41 bits per heavy atom. The third-order valence-corrected chi connectivity index (χ3v) is 6.15. The van der Waals surface area contributed by atoms with Gasteiger partial charge in [-0.3, -0.25) is 9.59 Å². The van der Waals surface area contributed by atoms with Gasteiger partial charge in [0.2, 0.25) is 0 Å². The summed E-state index contributed by atoms with van der Waals surface area (Å²) in [7, 11) is 2.02. The molecule has 29 heavy (non-hydrogen) atoms. The number of rotatable bonds is 5. The predicted molar refractivity (Wildman–Crippen MR) is 111 cm³/mol. The van der Waals surface area contributed by atoms with Crippen molar-refractivity contribution in [3.63, 3.8) is 0 Å². The van der Waals surface area contributed by atoms with Crippen molar-refractivity contribution in [3.05, 3.63) is 46.3 Å². The first-order valence-corrected chi connectivity index (χ1v) is 10.7. The number of allylic oxidation sites excluding steroid dienone is 4. The van der Waals surface area contributed by atoms with Crippen molar-refractivity contribution in [2.24, 2.45) is 0 Å². The number of hydrogen-bond donors (Lipinski definition) is 0. The van der Waals surface area contributed by atoms with Crippen LogP contribution in [0, 0.1) is 0 Å². The van der Waals surface area contributed by atoms with Gasteiger partial charge in [0.15, 0.2) is 23.1 Å². The quantitative estimate of drug-likeness (QED) is 0.733. The van der Waals surface area contributed by atoms with E-state index in [4.69, 9.17) is 9.47 Å². The number of hydrogen-bond acceptors (Lipinski definition) is 5. The van der Waals surface area contributed by atoms with Crippen LogP contribution < -0.4 is 9.47 Å². The number of carbonyl (C=O) groups is 2. The monoisotopic (exact) mass is 395 g/mol. The molecule has 4 rings (SSSR count). The second kappa shape index (κ2) is 8.05. The van der Waals surface area contributed by atoms with E-state index in [9.17, 15) is 9.59 Å². The summed E-state index contributed by atoms with van der Waals surface area (Å²) < 4.78 is 11.5. The molecule has 5 heteroatoms. The fourth-order valence-corrected chi connectivity index (χ4v) is 4.93. The molecule has 154 valence electrons. The normalized spacial score (nSPS) is 20.0. The molecule has 1 aliphatic heterocycles. The maximum atomic E-state index is 13.0. The van der Waals surface area contributed by atoms with E-state index in [1.807, 2.05) is 39.1 Å². The molecule has 0 saturated carbocycles. The Hall–Kier alpha value is -2.56. The van der Waals surface area contributed by atoms with E-state index in [-0.39, 0.29) is 17.5 Å². The zero-order valence-electron chi connectivity index (χ0n) is 17.5. The van der Waals surface area contributed by atoms with Gasteiger partial charge in [-0.1, -0.05) is 6.07 Å². The van der Waals surface area contributed by atoms with E-state index in [2.05, 4.69) is 4.90 Å². The van der Waals surface area contributed by atoms with Crippen LogP contribution in [0.25, 0.3) is 0 Å². The Morgan fingerprint density at radius 3 is 1.97 bits per heavy atom. The largest absolute Gasteiger partial charge is 0.490 e. The summed E-state index contributed by atoms with van der Waals surface area (Å²) in [5, 5.41) is 0. The van der Waals surface area contributed by atoms with Crippen molar-refractivity contribution in [2.75, 3.05) is 20.3 Å². The standard InChI is InChI=1S/C24H29NO4/c1-4-28-20-13-12-15(14-21(20)29-5-2)22-23-16(8-6-10-18(23)26)25(3)17-9-7-11-19(27)24(17)22/h12-14,22H,4-11H2,1-3H3. The summed E-state index contributed by atoms with van der Waals surface area (Å²) in [6.07, 6.45) is 4.62. The van der Waals surface area contributed by atoms with Gasteiger partial charge >= 0.3 is 0 Å². The maximum Gasteiger partial charge on any atom is 0.161 e. The van der Waals surface area contributed by atoms with Crippen LogP contribution in [0.1, 0.15) is 63.9 Å². The third-order valence-electron chi connectivity index (χ3n) is 6.15. The average Bonchev–Trinajstić information content (AvgIpc) is 2.71. The topological polar surface area (TPSA) is 55.8 Å². The van der Waals surface area contributed by atoms with E-state index in [1.54, 1.807) is 0 Å². The minimum atomic E-state index is -0.299. The molecule has 1 aromatic carbocycles. The van der Waals surface area contributed by atoms with E-state index >= 15 is 0 Å². The molecule has 0 aromatic heterocycles. The lowest BCUT2D eigenvalue weighted by molar-refractivity contribution is -0.117. The van der Waals surface area contributed by atoms with E-state index in [1.165, 1.54) is 0 Å². The van der Waals surface area contributed by atoms with Crippen LogP contribution in [0.4, 0.5) is 0 Å². The molecule has 2 aliphatic carbocycles. The summed E-state index contributed by atoms with van der Waals surface area (Å²) in [6, 6.07) is 5.86. The average molecular weight is 395 g/mol. The molecule has 0 bridgehead atoms. The Labute approximate surface area is 172 Å². The minimum absolute atomic E-state index is 0.167. The Bertz CT molecular complexity index is 867. The molecule has 0 spiro atoms. The van der Waals surface area contributed by atoms with Gasteiger partial charge in [-0.25, -0.2) is 0 Å². The number of Topliss-reactive ketones (excluding diaryl/α,β-unsaturated/α-hetero) is 2. The first-order valence-electron chi connectivity index (χ1n) is 10.7. The highest BCUT2D eigenvalue weighted by Gasteiger charge is 2.42. The van der Waals surface area contributed by atoms with Gasteiger partial charge in [0.05, 0.1) is 13.2 Å². The maximum absolute atomic E-state index is 13.0. The summed E-state index contributed by atoms with van der Waals surface area (Å²) >= 11 is 0. The molecule has 1 heterocycles. The lowest BCUT2D eigenvalue weighted by Gasteiger charge is -2.42. The van der Waals surface area contributed by atoms with Crippen molar-refractivity contribution in [1.82, 2.24) is 4.90 Å². The van der Waals surface area contributed by atoms with Crippen molar-refractivity contribution < 1.29 is 19.1 Å². The zero-order valence-corrected chi connectivity index (χ0v) is 17.5. The van der Waals surface area contributed by atoms with Gasteiger partial charge in [0.1, 0.15) is 0 Å². The van der Waals surface area contributed by atoms with Gasteiger partial charge in [0.25, 0.3) is 0 Å². The van der Waals surface area contributed by atoms with Crippen molar-refractivity contribution in [2.45, 2.75) is 58.3 Å². The van der Waals surface area contributed by atoms with Crippen molar-refractivity contribution in [1.29, 1.82) is 0 Å². The highest BCUT2D eigenvalue weighted by atomic mass is 16.5. The molecule has 0 unspecified atom stereocenters. The molecule has 1 aromatic rings. The fourth-order valence-electron chi connectivity index (χ4n) is 4.93. The number of carbonyl (C=O) groups excluding carboxylic acids is 2. The molecule has 0 atom stereocenters. The summed E-state index contributed by atoms with van der Waals surface area (Å²) in [5.74, 6) is 1.40. The molecule has 0 fully saturated rings. The van der Waals surface area contributed by atoms with Gasteiger partial charge in [-0.15, -0.1) is 0 Å². The highest BCUT2D eigenvalue weighted by Crippen LogP contribution is 2.49. The van der Waals surface area contributed by atoms with Gasteiger partial charge in [0, 0.05) is 48.3 Å². The summed E-state index contributed by atoms with van der Waals surface area (Å²) in [4.78, 5) is 28.2. The Balaban J connectivity index is 1.89. The molecule has 0 radical (unpaired) electrons. The number of ether oxygens (including phenoxy) is 2. The Kier molecular flexibility index (Phi) is 5.48. The molecule has 5 nitrogen and oxygen atoms in total. The summed E-state index contributed by atoms with van der Waals surface area (Å²) in [6.45, 7) is 4.95. The lowest BCUT2D eigenvalue weighted by Crippen LogP contribution is -2.37. The molecule has 0 saturated heterocycles. The SMILES string of the molecule is CCOc1ccc(C2C3=C(CCCC3=O)N(C)C3=C2C(=O)CCC3)cc1OCC. The lowest BCUT2D eigenvalue weighted by atomic mass is 9.71. The second-order valence-corrected chi connectivity index (χ2v) is 7.84. The zero-order chi connectivity index (χ0) is 20.5. The molecule has 3 aliphatic rings. The number of benzene rings is 1.